The minimum atomic E-state index is -0.0592. The lowest BCUT2D eigenvalue weighted by Gasteiger charge is -2.38. The fourth-order valence-electron chi connectivity index (χ4n) is 6.30. The lowest BCUT2D eigenvalue weighted by molar-refractivity contribution is 0.0515. The standard InChI is InChI=1S/C29H41ClN6OS/c1-21-16-22(2)19-36(18-21)26-17-25(35-12-4-3-5-13-35)32-27(33-26)34-28(38)31-20-29(10-14-37-15-11-29)23-6-8-24(30)9-7-23/h6-9,17,21-22H,3-5,10-16,18-20H2,1-2H3,(H2,31,32,33,34,38)/t21-,22+. The molecule has 9 heteroatoms. The predicted molar refractivity (Wildman–Crippen MR) is 161 cm³/mol. The molecule has 38 heavy (non-hydrogen) atoms. The van der Waals surface area contributed by atoms with E-state index in [1.807, 2.05) is 12.1 Å². The van der Waals surface area contributed by atoms with Crippen LogP contribution in [0.5, 0.6) is 0 Å². The van der Waals surface area contributed by atoms with Crippen LogP contribution in [0.1, 0.15) is 57.9 Å². The fraction of sp³-hybridized carbons (Fsp3) is 0.621. The molecule has 4 heterocycles. The summed E-state index contributed by atoms with van der Waals surface area (Å²) < 4.78 is 5.70. The van der Waals surface area contributed by atoms with Crippen LogP contribution in [-0.2, 0) is 10.2 Å². The van der Waals surface area contributed by atoms with Gasteiger partial charge in [-0.2, -0.15) is 9.97 Å². The van der Waals surface area contributed by atoms with Crippen molar-refractivity contribution in [1.82, 2.24) is 15.3 Å². The monoisotopic (exact) mass is 556 g/mol. The van der Waals surface area contributed by atoms with Crippen molar-refractivity contribution in [3.05, 3.63) is 40.9 Å². The van der Waals surface area contributed by atoms with Crippen molar-refractivity contribution >= 4 is 46.5 Å². The number of piperidine rings is 2. The molecule has 0 unspecified atom stereocenters. The largest absolute Gasteiger partial charge is 0.381 e. The summed E-state index contributed by atoms with van der Waals surface area (Å²) in [7, 11) is 0. The Morgan fingerprint density at radius 3 is 2.29 bits per heavy atom. The molecule has 2 N–H and O–H groups in total. The molecule has 0 radical (unpaired) electrons. The molecule has 3 saturated heterocycles. The molecule has 5 rings (SSSR count). The molecule has 2 aromatic rings. The van der Waals surface area contributed by atoms with Gasteiger partial charge >= 0.3 is 0 Å². The Kier molecular flexibility index (Phi) is 8.91. The molecular formula is C29H41ClN6OS. The predicted octanol–water partition coefficient (Wildman–Crippen LogP) is 5.64. The summed E-state index contributed by atoms with van der Waals surface area (Å²) in [6.07, 6.45) is 6.82. The number of thiocarbonyl (C=S) groups is 1. The number of nitrogens with one attached hydrogen (secondary N) is 2. The molecule has 206 valence electrons. The van der Waals surface area contributed by atoms with E-state index in [9.17, 15) is 0 Å². The molecule has 1 aromatic carbocycles. The van der Waals surface area contributed by atoms with Gasteiger partial charge in [0.1, 0.15) is 11.6 Å². The zero-order valence-corrected chi connectivity index (χ0v) is 24.3. The summed E-state index contributed by atoms with van der Waals surface area (Å²) in [4.78, 5) is 14.7. The average Bonchev–Trinajstić information content (AvgIpc) is 2.92. The minimum Gasteiger partial charge on any atom is -0.381 e. The molecule has 0 aliphatic carbocycles. The molecule has 2 atom stereocenters. The quantitative estimate of drug-likeness (QED) is 0.443. The zero-order valence-electron chi connectivity index (χ0n) is 22.7. The number of aromatic nitrogens is 2. The van der Waals surface area contributed by atoms with Gasteiger partial charge in [0, 0.05) is 62.4 Å². The van der Waals surface area contributed by atoms with E-state index in [2.05, 4.69) is 52.5 Å². The summed E-state index contributed by atoms with van der Waals surface area (Å²) >= 11 is 12.0. The second kappa shape index (κ2) is 12.3. The zero-order chi connectivity index (χ0) is 26.5. The molecule has 0 bridgehead atoms. The van der Waals surface area contributed by atoms with Crippen LogP contribution in [0.3, 0.4) is 0 Å². The highest BCUT2D eigenvalue weighted by atomic mass is 35.5. The van der Waals surface area contributed by atoms with Crippen molar-refractivity contribution in [2.24, 2.45) is 11.8 Å². The van der Waals surface area contributed by atoms with Crippen LogP contribution in [0, 0.1) is 11.8 Å². The number of rotatable bonds is 6. The molecule has 0 amide bonds. The Hall–Kier alpha value is -2.16. The van der Waals surface area contributed by atoms with Gasteiger partial charge in [-0.05, 0) is 80.3 Å². The number of ether oxygens (including phenoxy) is 1. The summed E-state index contributed by atoms with van der Waals surface area (Å²) in [6.45, 7) is 11.0. The van der Waals surface area contributed by atoms with Gasteiger partial charge in [0.15, 0.2) is 5.11 Å². The second-order valence-corrected chi connectivity index (χ2v) is 12.4. The minimum absolute atomic E-state index is 0.0592. The molecular weight excluding hydrogens is 516 g/mol. The van der Waals surface area contributed by atoms with Gasteiger partial charge in [-0.3, -0.25) is 0 Å². The maximum absolute atomic E-state index is 6.18. The molecule has 3 fully saturated rings. The van der Waals surface area contributed by atoms with Crippen molar-refractivity contribution in [1.29, 1.82) is 0 Å². The number of anilines is 3. The van der Waals surface area contributed by atoms with Crippen LogP contribution in [-0.4, -0.2) is 61.0 Å². The van der Waals surface area contributed by atoms with Crippen LogP contribution < -0.4 is 20.4 Å². The van der Waals surface area contributed by atoms with E-state index in [0.29, 0.717) is 29.4 Å². The van der Waals surface area contributed by atoms with Gasteiger partial charge in [-0.15, -0.1) is 0 Å². The Labute approximate surface area is 237 Å². The van der Waals surface area contributed by atoms with E-state index in [4.69, 9.17) is 38.5 Å². The Balaban J connectivity index is 1.33. The first-order valence-electron chi connectivity index (χ1n) is 14.2. The number of hydrogen-bond acceptors (Lipinski definition) is 6. The third-order valence-corrected chi connectivity index (χ3v) is 8.79. The van der Waals surface area contributed by atoms with Crippen LogP contribution >= 0.6 is 23.8 Å². The first kappa shape index (κ1) is 27.4. The van der Waals surface area contributed by atoms with Gasteiger partial charge in [0.2, 0.25) is 5.95 Å². The van der Waals surface area contributed by atoms with E-state index >= 15 is 0 Å². The lowest BCUT2D eigenvalue weighted by Crippen LogP contribution is -2.45. The fourth-order valence-corrected chi connectivity index (χ4v) is 6.59. The van der Waals surface area contributed by atoms with E-state index < -0.39 is 0 Å². The Bertz CT molecular complexity index is 1080. The molecule has 3 aliphatic heterocycles. The lowest BCUT2D eigenvalue weighted by atomic mass is 9.74. The Morgan fingerprint density at radius 1 is 1.00 bits per heavy atom. The van der Waals surface area contributed by atoms with Crippen LogP contribution in [0.2, 0.25) is 5.02 Å². The molecule has 0 saturated carbocycles. The van der Waals surface area contributed by atoms with E-state index in [-0.39, 0.29) is 5.41 Å². The van der Waals surface area contributed by atoms with Crippen molar-refractivity contribution in [2.45, 2.75) is 57.8 Å². The van der Waals surface area contributed by atoms with E-state index in [0.717, 1.165) is 68.9 Å². The van der Waals surface area contributed by atoms with Crippen LogP contribution in [0.25, 0.3) is 0 Å². The van der Waals surface area contributed by atoms with Gasteiger partial charge in [0.05, 0.1) is 0 Å². The average molecular weight is 557 g/mol. The molecule has 7 nitrogen and oxygen atoms in total. The van der Waals surface area contributed by atoms with Crippen molar-refractivity contribution < 1.29 is 4.74 Å². The SMILES string of the molecule is C[C@@H]1C[C@H](C)CN(c2cc(N3CCCCC3)nc(NC(=S)NCC3(c4ccc(Cl)cc4)CCOCC3)n2)C1. The maximum atomic E-state index is 6.18. The molecule has 1 aromatic heterocycles. The van der Waals surface area contributed by atoms with E-state index in [1.54, 1.807) is 0 Å². The van der Waals surface area contributed by atoms with Crippen molar-refractivity contribution in [3.63, 3.8) is 0 Å². The number of benzene rings is 1. The molecule has 0 spiro atoms. The topological polar surface area (TPSA) is 65.5 Å². The first-order valence-corrected chi connectivity index (χ1v) is 15.0. The van der Waals surface area contributed by atoms with Crippen molar-refractivity contribution in [3.8, 4) is 0 Å². The highest BCUT2D eigenvalue weighted by molar-refractivity contribution is 7.80. The number of hydrogen-bond donors (Lipinski definition) is 2. The highest BCUT2D eigenvalue weighted by Gasteiger charge is 2.34. The van der Waals surface area contributed by atoms with Crippen LogP contribution in [0.4, 0.5) is 17.6 Å². The summed E-state index contributed by atoms with van der Waals surface area (Å²) in [5.41, 5.74) is 1.20. The number of halogens is 1. The van der Waals surface area contributed by atoms with Gasteiger partial charge in [0.25, 0.3) is 0 Å². The number of nitrogens with zero attached hydrogens (tertiary/aromatic N) is 4. The van der Waals surface area contributed by atoms with Crippen LogP contribution in [0.15, 0.2) is 30.3 Å². The first-order chi connectivity index (χ1) is 18.4. The Morgan fingerprint density at radius 2 is 1.63 bits per heavy atom. The summed E-state index contributed by atoms with van der Waals surface area (Å²) in [5.74, 6) is 3.85. The van der Waals surface area contributed by atoms with Gasteiger partial charge in [-0.1, -0.05) is 37.6 Å². The second-order valence-electron chi connectivity index (χ2n) is 11.5. The smallest absolute Gasteiger partial charge is 0.232 e. The third-order valence-electron chi connectivity index (χ3n) is 8.29. The van der Waals surface area contributed by atoms with Crippen molar-refractivity contribution in [2.75, 3.05) is 61.1 Å². The molecule has 3 aliphatic rings. The summed E-state index contributed by atoms with van der Waals surface area (Å²) in [5, 5.41) is 8.12. The van der Waals surface area contributed by atoms with Gasteiger partial charge in [-0.25, -0.2) is 0 Å². The van der Waals surface area contributed by atoms with E-state index in [1.165, 1.54) is 31.2 Å². The van der Waals surface area contributed by atoms with Gasteiger partial charge < -0.3 is 25.2 Å². The maximum Gasteiger partial charge on any atom is 0.232 e. The summed E-state index contributed by atoms with van der Waals surface area (Å²) in [6, 6.07) is 10.4. The highest BCUT2D eigenvalue weighted by Crippen LogP contribution is 2.35. The third kappa shape index (κ3) is 6.69. The normalized spacial score (nSPS) is 23.7.